The number of aryl methyl sites for hydroxylation is 1. The van der Waals surface area contributed by atoms with Crippen molar-refractivity contribution in [3.63, 3.8) is 0 Å². The predicted octanol–water partition coefficient (Wildman–Crippen LogP) is 6.43. The highest BCUT2D eigenvalue weighted by molar-refractivity contribution is 6.31. The summed E-state index contributed by atoms with van der Waals surface area (Å²) >= 11 is 5.76. The third-order valence-electron chi connectivity index (χ3n) is 1.75. The van der Waals surface area contributed by atoms with Gasteiger partial charge in [0.25, 0.3) is 0 Å². The number of hydrogen-bond acceptors (Lipinski definition) is 0. The van der Waals surface area contributed by atoms with Crippen molar-refractivity contribution in [1.82, 2.24) is 0 Å². The van der Waals surface area contributed by atoms with Crippen LogP contribution in [0.1, 0.15) is 59.6 Å². The van der Waals surface area contributed by atoms with Crippen LogP contribution in [0.15, 0.2) is 12.1 Å². The molecule has 1 aromatic carbocycles. The normalized spacial score (nSPS) is 7.65. The molecule has 0 heterocycles. The molecule has 0 nitrogen and oxygen atoms in total. The van der Waals surface area contributed by atoms with E-state index < -0.39 is 0 Å². The molecule has 0 unspecified atom stereocenters. The Morgan fingerprint density at radius 2 is 1.41 bits per heavy atom. The quantitative estimate of drug-likeness (QED) is 0.547. The van der Waals surface area contributed by atoms with Crippen molar-refractivity contribution in [3.05, 3.63) is 34.1 Å². The summed E-state index contributed by atoms with van der Waals surface area (Å²) in [6, 6.07) is 3.33. The van der Waals surface area contributed by atoms with Gasteiger partial charge in [0, 0.05) is 10.6 Å². The number of rotatable bonds is 1. The Hall–Kier alpha value is -0.560. The van der Waals surface area contributed by atoms with E-state index in [0.29, 0.717) is 10.6 Å². The molecule has 0 atom stereocenters. The summed E-state index contributed by atoms with van der Waals surface area (Å²) in [6.45, 7) is 15.7. The lowest BCUT2D eigenvalue weighted by Gasteiger charge is -2.02. The standard InChI is InChI=1S/C9H10ClF.3C2H6/c1-3-7-4-8(10)6(2)9(11)5-7;3*1-2/h4-5H,3H2,1-2H3;3*1-2H3. The lowest BCUT2D eigenvalue weighted by Crippen LogP contribution is -1.88. The number of hydrogen-bond donors (Lipinski definition) is 0. The lowest BCUT2D eigenvalue weighted by molar-refractivity contribution is 0.616. The van der Waals surface area contributed by atoms with Gasteiger partial charge in [-0.25, -0.2) is 4.39 Å². The van der Waals surface area contributed by atoms with E-state index in [9.17, 15) is 4.39 Å². The maximum absolute atomic E-state index is 12.9. The van der Waals surface area contributed by atoms with Crippen molar-refractivity contribution in [3.8, 4) is 0 Å². The molecule has 0 aliphatic heterocycles. The topological polar surface area (TPSA) is 0 Å². The van der Waals surface area contributed by atoms with Crippen LogP contribution in [-0.4, -0.2) is 0 Å². The van der Waals surface area contributed by atoms with Gasteiger partial charge in [-0.1, -0.05) is 60.1 Å². The van der Waals surface area contributed by atoms with Gasteiger partial charge in [0.2, 0.25) is 0 Å². The fourth-order valence-corrected chi connectivity index (χ4v) is 1.13. The zero-order valence-electron chi connectivity index (χ0n) is 12.6. The zero-order chi connectivity index (χ0) is 14.4. The maximum Gasteiger partial charge on any atom is 0.127 e. The van der Waals surface area contributed by atoms with Gasteiger partial charge in [-0.15, -0.1) is 0 Å². The van der Waals surface area contributed by atoms with Crippen LogP contribution in [0.2, 0.25) is 5.02 Å². The van der Waals surface area contributed by atoms with Crippen LogP contribution < -0.4 is 0 Å². The molecule has 0 bridgehead atoms. The minimum absolute atomic E-state index is 0.214. The molecule has 0 aliphatic carbocycles. The molecule has 0 N–H and O–H groups in total. The van der Waals surface area contributed by atoms with Gasteiger partial charge in [0.15, 0.2) is 0 Å². The highest BCUT2D eigenvalue weighted by atomic mass is 35.5. The van der Waals surface area contributed by atoms with Crippen LogP contribution in [0.3, 0.4) is 0 Å². The van der Waals surface area contributed by atoms with E-state index in [0.717, 1.165) is 12.0 Å². The van der Waals surface area contributed by atoms with Crippen LogP contribution in [0.4, 0.5) is 4.39 Å². The van der Waals surface area contributed by atoms with Gasteiger partial charge in [0.05, 0.1) is 0 Å². The van der Waals surface area contributed by atoms with E-state index in [1.165, 1.54) is 6.07 Å². The minimum atomic E-state index is -0.214. The first-order valence-electron chi connectivity index (χ1n) is 6.59. The molecule has 0 radical (unpaired) electrons. The minimum Gasteiger partial charge on any atom is -0.207 e. The molecule has 1 aromatic rings. The molecule has 0 saturated carbocycles. The van der Waals surface area contributed by atoms with Crippen molar-refractivity contribution >= 4 is 11.6 Å². The van der Waals surface area contributed by atoms with E-state index >= 15 is 0 Å². The Balaban J connectivity index is -0.000000285. The van der Waals surface area contributed by atoms with Crippen molar-refractivity contribution in [2.45, 2.75) is 61.8 Å². The molecule has 0 fully saturated rings. The summed E-state index contributed by atoms with van der Waals surface area (Å²) in [6.07, 6.45) is 0.816. The van der Waals surface area contributed by atoms with E-state index in [1.54, 1.807) is 13.0 Å². The molecule has 0 spiro atoms. The molecule has 2 heteroatoms. The third kappa shape index (κ3) is 9.17. The summed E-state index contributed by atoms with van der Waals surface area (Å²) < 4.78 is 12.9. The Labute approximate surface area is 112 Å². The van der Waals surface area contributed by atoms with Gasteiger partial charge >= 0.3 is 0 Å². The van der Waals surface area contributed by atoms with Crippen LogP contribution in [0.25, 0.3) is 0 Å². The Bertz CT molecular complexity index is 247. The summed E-state index contributed by atoms with van der Waals surface area (Å²) in [4.78, 5) is 0. The number of benzene rings is 1. The van der Waals surface area contributed by atoms with E-state index in [4.69, 9.17) is 11.6 Å². The number of halogens is 2. The highest BCUT2D eigenvalue weighted by Crippen LogP contribution is 2.20. The van der Waals surface area contributed by atoms with E-state index in [2.05, 4.69) is 0 Å². The van der Waals surface area contributed by atoms with Crippen LogP contribution in [0.5, 0.6) is 0 Å². The smallest absolute Gasteiger partial charge is 0.127 e. The van der Waals surface area contributed by atoms with Crippen LogP contribution in [0, 0.1) is 12.7 Å². The second-order valence-electron chi connectivity index (χ2n) is 2.54. The van der Waals surface area contributed by atoms with Gasteiger partial charge in [-0.3, -0.25) is 0 Å². The first kappa shape index (κ1) is 21.7. The van der Waals surface area contributed by atoms with Crippen molar-refractivity contribution in [2.24, 2.45) is 0 Å². The summed E-state index contributed by atoms with van der Waals surface area (Å²) in [7, 11) is 0. The van der Waals surface area contributed by atoms with E-state index in [1.807, 2.05) is 48.5 Å². The Kier molecular flexibility index (Phi) is 19.7. The van der Waals surface area contributed by atoms with Crippen LogP contribution in [-0.2, 0) is 6.42 Å². The van der Waals surface area contributed by atoms with Gasteiger partial charge in [-0.2, -0.15) is 0 Å². The first-order chi connectivity index (χ1) is 8.15. The van der Waals surface area contributed by atoms with Gasteiger partial charge in [0.1, 0.15) is 5.82 Å². The average molecular weight is 263 g/mol. The Morgan fingerprint density at radius 3 is 1.71 bits per heavy atom. The highest BCUT2D eigenvalue weighted by Gasteiger charge is 2.03. The third-order valence-corrected chi connectivity index (χ3v) is 2.14. The molecule has 17 heavy (non-hydrogen) atoms. The monoisotopic (exact) mass is 262 g/mol. The van der Waals surface area contributed by atoms with Gasteiger partial charge < -0.3 is 0 Å². The fourth-order valence-electron chi connectivity index (χ4n) is 0.902. The first-order valence-corrected chi connectivity index (χ1v) is 6.97. The van der Waals surface area contributed by atoms with Crippen LogP contribution >= 0.6 is 11.6 Å². The average Bonchev–Trinajstić information content (AvgIpc) is 2.42. The fraction of sp³-hybridized carbons (Fsp3) is 0.600. The molecular formula is C15H28ClF. The summed E-state index contributed by atoms with van der Waals surface area (Å²) in [5, 5.41) is 0.516. The van der Waals surface area contributed by atoms with Crippen molar-refractivity contribution in [1.29, 1.82) is 0 Å². The maximum atomic E-state index is 12.9. The molecular weight excluding hydrogens is 235 g/mol. The molecule has 1 rings (SSSR count). The summed E-state index contributed by atoms with van der Waals surface area (Å²) in [5.41, 5.74) is 1.47. The molecule has 0 aliphatic rings. The zero-order valence-corrected chi connectivity index (χ0v) is 13.4. The van der Waals surface area contributed by atoms with Gasteiger partial charge in [-0.05, 0) is 31.0 Å². The lowest BCUT2D eigenvalue weighted by atomic mass is 10.1. The molecule has 0 amide bonds. The SMILES string of the molecule is CC.CC.CC.CCc1cc(F)c(C)c(Cl)c1. The largest absolute Gasteiger partial charge is 0.207 e. The van der Waals surface area contributed by atoms with Crippen molar-refractivity contribution in [2.75, 3.05) is 0 Å². The predicted molar refractivity (Wildman–Crippen MR) is 79.6 cm³/mol. The second kappa shape index (κ2) is 15.4. The molecule has 0 saturated heterocycles. The molecule has 102 valence electrons. The van der Waals surface area contributed by atoms with E-state index in [-0.39, 0.29) is 5.82 Å². The Morgan fingerprint density at radius 1 is 1.00 bits per heavy atom. The summed E-state index contributed by atoms with van der Waals surface area (Å²) in [5.74, 6) is -0.214. The van der Waals surface area contributed by atoms with Crippen molar-refractivity contribution < 1.29 is 4.39 Å². The second-order valence-corrected chi connectivity index (χ2v) is 2.95. The molecule has 0 aromatic heterocycles.